The van der Waals surface area contributed by atoms with Gasteiger partial charge >= 0.3 is 6.18 Å². The molecule has 5 nitrogen and oxygen atoms in total. The quantitative estimate of drug-likeness (QED) is 0.730. The SMILES string of the molecule is COc1cc(CCC(=O)C(C#N)c2ccc(C(F)(F)F)cn2)cc(OC)c1. The highest BCUT2D eigenvalue weighted by Gasteiger charge is 2.31. The normalized spacial score (nSPS) is 12.1. The Kier molecular flexibility index (Phi) is 6.40. The Balaban J connectivity index is 2.11. The number of rotatable bonds is 7. The van der Waals surface area contributed by atoms with Crippen molar-refractivity contribution in [1.29, 1.82) is 5.26 Å². The van der Waals surface area contributed by atoms with E-state index in [-0.39, 0.29) is 12.1 Å². The number of alkyl halides is 3. The molecule has 0 amide bonds. The van der Waals surface area contributed by atoms with Crippen molar-refractivity contribution in [3.8, 4) is 17.6 Å². The Bertz CT molecular complexity index is 821. The van der Waals surface area contributed by atoms with E-state index in [1.165, 1.54) is 14.2 Å². The predicted octanol–water partition coefficient (Wildman–Crippen LogP) is 3.93. The second-order valence-corrected chi connectivity index (χ2v) is 5.72. The third-order valence-corrected chi connectivity index (χ3v) is 3.93. The number of pyridine rings is 1. The molecule has 0 aliphatic rings. The molecule has 0 N–H and O–H groups in total. The van der Waals surface area contributed by atoms with Gasteiger partial charge < -0.3 is 9.47 Å². The lowest BCUT2D eigenvalue weighted by atomic mass is 9.95. The predicted molar refractivity (Wildman–Crippen MR) is 90.5 cm³/mol. The third-order valence-electron chi connectivity index (χ3n) is 3.93. The molecule has 0 aliphatic carbocycles. The number of hydrogen-bond donors (Lipinski definition) is 0. The van der Waals surface area contributed by atoms with Crippen molar-refractivity contribution in [2.75, 3.05) is 14.2 Å². The number of aryl methyl sites for hydroxylation is 1. The lowest BCUT2D eigenvalue weighted by Crippen LogP contribution is -2.14. The maximum atomic E-state index is 12.6. The Labute approximate surface area is 154 Å². The van der Waals surface area contributed by atoms with Crippen LogP contribution in [0.2, 0.25) is 0 Å². The number of carbonyl (C=O) groups is 1. The fraction of sp³-hybridized carbons (Fsp3) is 0.316. The van der Waals surface area contributed by atoms with E-state index in [2.05, 4.69) is 4.98 Å². The van der Waals surface area contributed by atoms with Crippen LogP contribution in [-0.2, 0) is 17.4 Å². The average molecular weight is 378 g/mol. The summed E-state index contributed by atoms with van der Waals surface area (Å²) < 4.78 is 48.1. The Morgan fingerprint density at radius 2 is 1.81 bits per heavy atom. The number of ether oxygens (including phenoxy) is 2. The smallest absolute Gasteiger partial charge is 0.417 e. The third kappa shape index (κ3) is 5.20. The van der Waals surface area contributed by atoms with E-state index in [0.717, 1.165) is 17.7 Å². The molecule has 0 fully saturated rings. The lowest BCUT2D eigenvalue weighted by molar-refractivity contribution is -0.137. The van der Waals surface area contributed by atoms with Crippen molar-refractivity contribution in [3.05, 3.63) is 53.3 Å². The number of ketones is 1. The van der Waals surface area contributed by atoms with Gasteiger partial charge in [0.2, 0.25) is 0 Å². The minimum atomic E-state index is -4.52. The van der Waals surface area contributed by atoms with Crippen LogP contribution in [0.25, 0.3) is 0 Å². The number of halogens is 3. The molecule has 0 radical (unpaired) electrons. The van der Waals surface area contributed by atoms with E-state index < -0.39 is 23.4 Å². The van der Waals surface area contributed by atoms with Gasteiger partial charge in [-0.2, -0.15) is 18.4 Å². The summed E-state index contributed by atoms with van der Waals surface area (Å²) in [5.74, 6) is -0.512. The van der Waals surface area contributed by atoms with Crippen LogP contribution in [0.15, 0.2) is 36.5 Å². The van der Waals surface area contributed by atoms with Crippen molar-refractivity contribution >= 4 is 5.78 Å². The number of carbonyl (C=O) groups excluding carboxylic acids is 1. The van der Waals surface area contributed by atoms with Gasteiger partial charge in [0.25, 0.3) is 0 Å². The first-order chi connectivity index (χ1) is 12.8. The van der Waals surface area contributed by atoms with Crippen molar-refractivity contribution in [2.45, 2.75) is 24.9 Å². The molecule has 1 unspecified atom stereocenters. The van der Waals surface area contributed by atoms with Crippen molar-refractivity contribution in [1.82, 2.24) is 4.98 Å². The number of nitriles is 1. The first-order valence-corrected chi connectivity index (χ1v) is 7.96. The van der Waals surface area contributed by atoms with Gasteiger partial charge in [0, 0.05) is 18.7 Å². The molecule has 27 heavy (non-hydrogen) atoms. The summed E-state index contributed by atoms with van der Waals surface area (Å²) in [6.45, 7) is 0. The van der Waals surface area contributed by atoms with Crippen LogP contribution in [0.5, 0.6) is 11.5 Å². The zero-order valence-corrected chi connectivity index (χ0v) is 14.7. The van der Waals surface area contributed by atoms with Gasteiger partial charge in [-0.3, -0.25) is 9.78 Å². The molecule has 0 bridgehead atoms. The number of benzene rings is 1. The highest BCUT2D eigenvalue weighted by Crippen LogP contribution is 2.29. The summed E-state index contributed by atoms with van der Waals surface area (Å²) in [4.78, 5) is 16.0. The largest absolute Gasteiger partial charge is 0.497 e. The molecule has 0 saturated carbocycles. The minimum absolute atomic E-state index is 0.00118. The minimum Gasteiger partial charge on any atom is -0.497 e. The van der Waals surface area contributed by atoms with Gasteiger partial charge in [0.15, 0.2) is 5.78 Å². The van der Waals surface area contributed by atoms with Gasteiger partial charge in [0.05, 0.1) is 31.5 Å². The zero-order valence-electron chi connectivity index (χ0n) is 14.7. The van der Waals surface area contributed by atoms with Crippen LogP contribution < -0.4 is 9.47 Å². The fourth-order valence-electron chi connectivity index (χ4n) is 2.47. The fourth-order valence-corrected chi connectivity index (χ4v) is 2.47. The van der Waals surface area contributed by atoms with Gasteiger partial charge in [-0.15, -0.1) is 0 Å². The topological polar surface area (TPSA) is 72.2 Å². The summed E-state index contributed by atoms with van der Waals surface area (Å²) in [6.07, 6.45) is -3.55. The van der Waals surface area contributed by atoms with Gasteiger partial charge in [0.1, 0.15) is 17.4 Å². The summed E-state index contributed by atoms with van der Waals surface area (Å²) >= 11 is 0. The standard InChI is InChI=1S/C19H17F3N2O3/c1-26-14-7-12(8-15(9-14)27-2)3-6-18(25)16(10-23)17-5-4-13(11-24-17)19(20,21)22/h4-5,7-9,11,16H,3,6H2,1-2H3. The van der Waals surface area contributed by atoms with E-state index in [4.69, 9.17) is 9.47 Å². The second kappa shape index (κ2) is 8.54. The van der Waals surface area contributed by atoms with Gasteiger partial charge in [-0.05, 0) is 36.2 Å². The molecule has 0 spiro atoms. The van der Waals surface area contributed by atoms with Gasteiger partial charge in [-0.25, -0.2) is 0 Å². The van der Waals surface area contributed by atoms with E-state index in [1.807, 2.05) is 6.07 Å². The first-order valence-electron chi connectivity index (χ1n) is 7.96. The molecular weight excluding hydrogens is 361 g/mol. The number of methoxy groups -OCH3 is 2. The van der Waals surface area contributed by atoms with E-state index >= 15 is 0 Å². The summed E-state index contributed by atoms with van der Waals surface area (Å²) in [7, 11) is 3.01. The highest BCUT2D eigenvalue weighted by molar-refractivity contribution is 5.88. The van der Waals surface area contributed by atoms with Crippen molar-refractivity contribution in [3.63, 3.8) is 0 Å². The molecule has 2 aromatic rings. The average Bonchev–Trinajstić information content (AvgIpc) is 2.66. The molecular formula is C19H17F3N2O3. The monoisotopic (exact) mass is 378 g/mol. The zero-order chi connectivity index (χ0) is 20.0. The molecule has 2 rings (SSSR count). The Morgan fingerprint density at radius 1 is 1.19 bits per heavy atom. The first kappa shape index (κ1) is 20.2. The van der Waals surface area contributed by atoms with Crippen LogP contribution in [0.3, 0.4) is 0 Å². The number of nitrogens with zero attached hydrogens (tertiary/aromatic N) is 2. The number of Topliss-reactive ketones (excluding diaryl/α,β-unsaturated/α-hetero) is 1. The molecule has 1 heterocycles. The van der Waals surface area contributed by atoms with Crippen LogP contribution in [0.4, 0.5) is 13.2 Å². The Hall–Kier alpha value is -3.08. The number of hydrogen-bond acceptors (Lipinski definition) is 5. The molecule has 1 aromatic heterocycles. The van der Waals surface area contributed by atoms with Crippen LogP contribution in [0.1, 0.15) is 29.2 Å². The molecule has 1 aromatic carbocycles. The maximum Gasteiger partial charge on any atom is 0.417 e. The van der Waals surface area contributed by atoms with E-state index in [1.54, 1.807) is 18.2 Å². The van der Waals surface area contributed by atoms with E-state index in [9.17, 15) is 23.2 Å². The second-order valence-electron chi connectivity index (χ2n) is 5.72. The van der Waals surface area contributed by atoms with Gasteiger partial charge in [-0.1, -0.05) is 0 Å². The Morgan fingerprint density at radius 3 is 2.26 bits per heavy atom. The van der Waals surface area contributed by atoms with Crippen LogP contribution >= 0.6 is 0 Å². The number of aromatic nitrogens is 1. The molecule has 8 heteroatoms. The van der Waals surface area contributed by atoms with E-state index in [0.29, 0.717) is 24.1 Å². The highest BCUT2D eigenvalue weighted by atomic mass is 19.4. The van der Waals surface area contributed by atoms with Crippen LogP contribution in [-0.4, -0.2) is 25.0 Å². The van der Waals surface area contributed by atoms with Crippen molar-refractivity contribution < 1.29 is 27.4 Å². The van der Waals surface area contributed by atoms with Crippen LogP contribution in [0, 0.1) is 11.3 Å². The molecule has 142 valence electrons. The maximum absolute atomic E-state index is 12.6. The molecule has 0 aliphatic heterocycles. The molecule has 0 saturated heterocycles. The summed E-state index contributed by atoms with van der Waals surface area (Å²) in [5.41, 5.74) is -0.158. The summed E-state index contributed by atoms with van der Waals surface area (Å²) in [6, 6.07) is 8.86. The van der Waals surface area contributed by atoms with Crippen molar-refractivity contribution in [2.24, 2.45) is 0 Å². The summed E-state index contributed by atoms with van der Waals surface area (Å²) in [5, 5.41) is 9.27. The molecule has 1 atom stereocenters. The lowest BCUT2D eigenvalue weighted by Gasteiger charge is -2.11.